The van der Waals surface area contributed by atoms with E-state index >= 15 is 0 Å². The molecule has 0 aromatic heterocycles. The van der Waals surface area contributed by atoms with E-state index in [-0.39, 0.29) is 24.8 Å². The van der Waals surface area contributed by atoms with E-state index in [1.54, 1.807) is 17.0 Å². The Kier molecular flexibility index (Phi) is 6.49. The summed E-state index contributed by atoms with van der Waals surface area (Å²) in [5.74, 6) is -0.990. The van der Waals surface area contributed by atoms with Crippen LogP contribution >= 0.6 is 0 Å². The largest absolute Gasteiger partial charge is 0.368 e. The normalized spacial score (nSPS) is 15.0. The van der Waals surface area contributed by atoms with Gasteiger partial charge in [0, 0.05) is 38.4 Å². The Morgan fingerprint density at radius 1 is 0.931 bits per heavy atom. The first-order valence-corrected chi connectivity index (χ1v) is 11.0. The number of carbonyl (C=O) groups excluding carboxylic acids is 1. The molecule has 1 aliphatic heterocycles. The van der Waals surface area contributed by atoms with Gasteiger partial charge in [-0.2, -0.15) is 4.31 Å². The van der Waals surface area contributed by atoms with Crippen molar-refractivity contribution in [2.75, 3.05) is 43.9 Å². The summed E-state index contributed by atoms with van der Waals surface area (Å²) in [5.41, 5.74) is 1.48. The molecule has 1 amide bonds. The maximum Gasteiger partial charge on any atom is 0.238 e. The van der Waals surface area contributed by atoms with Crippen molar-refractivity contribution in [3.05, 3.63) is 65.7 Å². The molecule has 0 aliphatic carbocycles. The first-order valence-electron chi connectivity index (χ1n) is 9.20. The predicted octanol–water partition coefficient (Wildman–Crippen LogP) is 2.08. The summed E-state index contributed by atoms with van der Waals surface area (Å²) in [7, 11) is -3.62. The summed E-state index contributed by atoms with van der Waals surface area (Å²) < 4.78 is 51.5. The van der Waals surface area contributed by atoms with Gasteiger partial charge in [-0.05, 0) is 42.0 Å². The van der Waals surface area contributed by atoms with Crippen molar-refractivity contribution in [2.24, 2.45) is 0 Å². The Balaban J connectivity index is 1.60. The molecule has 3 rings (SSSR count). The van der Waals surface area contributed by atoms with Crippen LogP contribution in [0.25, 0.3) is 0 Å². The highest BCUT2D eigenvalue weighted by Gasteiger charge is 2.26. The second-order valence-corrected chi connectivity index (χ2v) is 8.98. The predicted molar refractivity (Wildman–Crippen MR) is 107 cm³/mol. The van der Waals surface area contributed by atoms with Gasteiger partial charge in [-0.25, -0.2) is 17.2 Å². The fourth-order valence-electron chi connectivity index (χ4n) is 3.20. The molecule has 0 N–H and O–H groups in total. The lowest BCUT2D eigenvalue weighted by Gasteiger charge is -2.36. The molecule has 0 radical (unpaired) electrons. The SMILES string of the molecule is CS(=O)(=O)N(CC(=O)N1CCN(c2ccc(F)cc2)CC1)Cc1ccc(F)cc1. The van der Waals surface area contributed by atoms with Gasteiger partial charge in [0.1, 0.15) is 11.6 Å². The molecule has 9 heteroatoms. The molecule has 1 heterocycles. The fraction of sp³-hybridized carbons (Fsp3) is 0.350. The molecular weight excluding hydrogens is 400 g/mol. The third-order valence-electron chi connectivity index (χ3n) is 4.88. The molecule has 0 spiro atoms. The number of halogens is 2. The minimum atomic E-state index is -3.62. The van der Waals surface area contributed by atoms with Crippen LogP contribution in [0.15, 0.2) is 48.5 Å². The molecule has 2 aromatic rings. The van der Waals surface area contributed by atoms with Gasteiger partial charge >= 0.3 is 0 Å². The number of sulfonamides is 1. The second-order valence-electron chi connectivity index (χ2n) is 7.00. The highest BCUT2D eigenvalue weighted by atomic mass is 32.2. The van der Waals surface area contributed by atoms with Crippen molar-refractivity contribution in [1.82, 2.24) is 9.21 Å². The van der Waals surface area contributed by atoms with Crippen molar-refractivity contribution in [3.8, 4) is 0 Å². The lowest BCUT2D eigenvalue weighted by Crippen LogP contribution is -2.51. The van der Waals surface area contributed by atoms with Crippen LogP contribution in [0.2, 0.25) is 0 Å². The zero-order chi connectivity index (χ0) is 21.0. The van der Waals surface area contributed by atoms with Crippen molar-refractivity contribution in [2.45, 2.75) is 6.54 Å². The minimum absolute atomic E-state index is 0.000395. The Morgan fingerprint density at radius 2 is 1.45 bits per heavy atom. The molecule has 6 nitrogen and oxygen atoms in total. The third-order valence-corrected chi connectivity index (χ3v) is 6.07. The van der Waals surface area contributed by atoms with Crippen molar-refractivity contribution >= 4 is 21.6 Å². The van der Waals surface area contributed by atoms with E-state index in [0.717, 1.165) is 16.2 Å². The van der Waals surface area contributed by atoms with Crippen LogP contribution in [-0.4, -0.2) is 62.5 Å². The van der Waals surface area contributed by atoms with Crippen molar-refractivity contribution in [1.29, 1.82) is 0 Å². The monoisotopic (exact) mass is 423 g/mol. The van der Waals surface area contributed by atoms with Crippen molar-refractivity contribution in [3.63, 3.8) is 0 Å². The van der Waals surface area contributed by atoms with E-state index in [2.05, 4.69) is 4.90 Å². The Morgan fingerprint density at radius 3 is 1.97 bits per heavy atom. The average Bonchev–Trinajstić information content (AvgIpc) is 2.69. The van der Waals surface area contributed by atoms with E-state index in [0.29, 0.717) is 31.7 Å². The molecular formula is C20H23F2N3O3S. The fourth-order valence-corrected chi connectivity index (χ4v) is 3.93. The topological polar surface area (TPSA) is 60.9 Å². The van der Waals surface area contributed by atoms with Crippen LogP contribution in [0.4, 0.5) is 14.5 Å². The first kappa shape index (κ1) is 21.2. The molecule has 156 valence electrons. The summed E-state index contributed by atoms with van der Waals surface area (Å²) in [5, 5.41) is 0. The summed E-state index contributed by atoms with van der Waals surface area (Å²) in [6.45, 7) is 1.78. The summed E-state index contributed by atoms with van der Waals surface area (Å²) >= 11 is 0. The molecule has 0 bridgehead atoms. The number of nitrogens with zero attached hydrogens (tertiary/aromatic N) is 3. The molecule has 0 atom stereocenters. The Bertz CT molecular complexity index is 942. The highest BCUT2D eigenvalue weighted by Crippen LogP contribution is 2.17. The van der Waals surface area contributed by atoms with Crippen LogP contribution < -0.4 is 4.90 Å². The number of carbonyl (C=O) groups is 1. The molecule has 1 aliphatic rings. The maximum atomic E-state index is 13.1. The van der Waals surface area contributed by atoms with Gasteiger partial charge in [0.05, 0.1) is 12.8 Å². The molecule has 29 heavy (non-hydrogen) atoms. The van der Waals surface area contributed by atoms with Crippen molar-refractivity contribution < 1.29 is 22.0 Å². The third kappa shape index (κ3) is 5.74. The minimum Gasteiger partial charge on any atom is -0.368 e. The van der Waals surface area contributed by atoms with E-state index in [1.807, 2.05) is 0 Å². The Labute approximate surface area is 169 Å². The Hall–Kier alpha value is -2.52. The smallest absolute Gasteiger partial charge is 0.238 e. The van der Waals surface area contributed by atoms with E-state index in [9.17, 15) is 22.0 Å². The number of anilines is 1. The standard InChI is InChI=1S/C20H23F2N3O3S/c1-29(27,28)25(14-16-2-4-17(21)5-3-16)15-20(26)24-12-10-23(11-13-24)19-8-6-18(22)7-9-19/h2-9H,10-15H2,1H3. The summed E-state index contributed by atoms with van der Waals surface area (Å²) in [6.07, 6.45) is 1.05. The van der Waals surface area contributed by atoms with Crippen LogP contribution in [0.1, 0.15) is 5.56 Å². The van der Waals surface area contributed by atoms with Gasteiger partial charge in [-0.3, -0.25) is 4.79 Å². The van der Waals surface area contributed by atoms with Crippen LogP contribution in [0, 0.1) is 11.6 Å². The number of amides is 1. The molecule has 0 unspecified atom stereocenters. The van der Waals surface area contributed by atoms with E-state index in [1.165, 1.54) is 36.4 Å². The highest BCUT2D eigenvalue weighted by molar-refractivity contribution is 7.88. The molecule has 0 saturated carbocycles. The van der Waals surface area contributed by atoms with Crippen LogP contribution in [0.3, 0.4) is 0 Å². The zero-order valence-corrected chi connectivity index (χ0v) is 16.9. The first-order chi connectivity index (χ1) is 13.7. The number of hydrogen-bond acceptors (Lipinski definition) is 4. The average molecular weight is 423 g/mol. The van der Waals surface area contributed by atoms with Gasteiger partial charge in [0.2, 0.25) is 15.9 Å². The lowest BCUT2D eigenvalue weighted by atomic mass is 10.2. The quantitative estimate of drug-likeness (QED) is 0.714. The molecule has 1 fully saturated rings. The number of rotatable bonds is 6. The molecule has 1 saturated heterocycles. The zero-order valence-electron chi connectivity index (χ0n) is 16.1. The van der Waals surface area contributed by atoms with E-state index < -0.39 is 15.8 Å². The van der Waals surface area contributed by atoms with Gasteiger partial charge in [0.15, 0.2) is 0 Å². The number of hydrogen-bond donors (Lipinski definition) is 0. The lowest BCUT2D eigenvalue weighted by molar-refractivity contribution is -0.131. The maximum absolute atomic E-state index is 13.1. The molecule has 2 aromatic carbocycles. The summed E-state index contributed by atoms with van der Waals surface area (Å²) in [6, 6.07) is 11.7. The summed E-state index contributed by atoms with van der Waals surface area (Å²) in [4.78, 5) is 16.4. The van der Waals surface area contributed by atoms with Gasteiger partial charge in [-0.1, -0.05) is 12.1 Å². The number of piperazine rings is 1. The van der Waals surface area contributed by atoms with Gasteiger partial charge < -0.3 is 9.80 Å². The second kappa shape index (κ2) is 8.87. The van der Waals surface area contributed by atoms with E-state index in [4.69, 9.17) is 0 Å². The number of benzene rings is 2. The van der Waals surface area contributed by atoms with Gasteiger partial charge in [-0.15, -0.1) is 0 Å². The van der Waals surface area contributed by atoms with Crippen LogP contribution in [-0.2, 0) is 21.4 Å². The van der Waals surface area contributed by atoms with Crippen LogP contribution in [0.5, 0.6) is 0 Å². The van der Waals surface area contributed by atoms with Gasteiger partial charge in [0.25, 0.3) is 0 Å².